The van der Waals surface area contributed by atoms with Crippen molar-refractivity contribution in [2.75, 3.05) is 26.9 Å². The van der Waals surface area contributed by atoms with Gasteiger partial charge >= 0.3 is 0 Å². The molecule has 2 heterocycles. The van der Waals surface area contributed by atoms with Gasteiger partial charge in [0.15, 0.2) is 0 Å². The highest BCUT2D eigenvalue weighted by molar-refractivity contribution is 6.09. The Morgan fingerprint density at radius 3 is 2.25 bits per heavy atom. The fraction of sp³-hybridized carbons (Fsp3) is 0.156. The van der Waals surface area contributed by atoms with Gasteiger partial charge in [0.25, 0.3) is 0 Å². The summed E-state index contributed by atoms with van der Waals surface area (Å²) in [6.45, 7) is 2.65. The summed E-state index contributed by atoms with van der Waals surface area (Å²) in [4.78, 5) is 5.06. The van der Waals surface area contributed by atoms with E-state index in [0.717, 1.165) is 23.3 Å². The minimum atomic E-state index is 0.606. The lowest BCUT2D eigenvalue weighted by molar-refractivity contribution is 0.0673. The van der Waals surface area contributed by atoms with Gasteiger partial charge in [0, 0.05) is 46.4 Å². The first-order valence-corrected chi connectivity index (χ1v) is 12.4. The third-order valence-corrected chi connectivity index (χ3v) is 6.76. The molecule has 4 heteroatoms. The Kier molecular flexibility index (Phi) is 6.20. The largest absolute Gasteiger partial charge is 0.382 e. The van der Waals surface area contributed by atoms with Crippen molar-refractivity contribution in [2.45, 2.75) is 6.54 Å². The van der Waals surface area contributed by atoms with Crippen LogP contribution in [0, 0.1) is 0 Å². The van der Waals surface area contributed by atoms with E-state index in [2.05, 4.69) is 108 Å². The molecule has 4 nitrogen and oxygen atoms in total. The molecule has 0 aliphatic carbocycles. The smallest absolute Gasteiger partial charge is 0.0716 e. The van der Waals surface area contributed by atoms with Crippen molar-refractivity contribution in [1.82, 2.24) is 9.55 Å². The van der Waals surface area contributed by atoms with Crippen LogP contribution in [0.5, 0.6) is 0 Å². The van der Waals surface area contributed by atoms with Crippen molar-refractivity contribution in [3.63, 3.8) is 0 Å². The first kappa shape index (κ1) is 22.5. The highest BCUT2D eigenvalue weighted by Gasteiger charge is 2.14. The SMILES string of the molecule is COCCOCCn1c2ccccc2c2cc(-c3cc(-c4ccccc4)c4ccccc4n3)ccc21. The van der Waals surface area contributed by atoms with Crippen molar-refractivity contribution in [2.24, 2.45) is 0 Å². The molecule has 0 bridgehead atoms. The van der Waals surface area contributed by atoms with Gasteiger partial charge in [-0.25, -0.2) is 4.98 Å². The van der Waals surface area contributed by atoms with Crippen LogP contribution in [0.1, 0.15) is 0 Å². The summed E-state index contributed by atoms with van der Waals surface area (Å²) in [5.74, 6) is 0. The molecule has 0 saturated carbocycles. The third-order valence-electron chi connectivity index (χ3n) is 6.76. The number of hydrogen-bond acceptors (Lipinski definition) is 3. The summed E-state index contributed by atoms with van der Waals surface area (Å²) >= 11 is 0. The first-order valence-electron chi connectivity index (χ1n) is 12.4. The van der Waals surface area contributed by atoms with E-state index in [4.69, 9.17) is 14.5 Å². The molecule has 6 rings (SSSR count). The molecule has 0 unspecified atom stereocenters. The van der Waals surface area contributed by atoms with Gasteiger partial charge < -0.3 is 14.0 Å². The number of pyridine rings is 1. The van der Waals surface area contributed by atoms with Crippen LogP contribution >= 0.6 is 0 Å². The molecule has 6 aromatic rings. The molecule has 0 aliphatic heterocycles. The number of methoxy groups -OCH3 is 1. The number of hydrogen-bond donors (Lipinski definition) is 0. The summed E-state index contributed by atoms with van der Waals surface area (Å²) in [6, 6.07) is 36.5. The fourth-order valence-corrected chi connectivity index (χ4v) is 5.03. The zero-order chi connectivity index (χ0) is 24.3. The lowest BCUT2D eigenvalue weighted by atomic mass is 9.98. The average molecular weight is 473 g/mol. The van der Waals surface area contributed by atoms with Gasteiger partial charge in [-0.15, -0.1) is 0 Å². The van der Waals surface area contributed by atoms with E-state index < -0.39 is 0 Å². The standard InChI is InChI=1S/C32H28N2O2/c1-35-19-20-36-18-17-34-31-14-8-6-12-26(31)28-21-24(15-16-32(28)34)30-22-27(23-9-3-2-4-10-23)25-11-5-7-13-29(25)33-30/h2-16,21-22H,17-20H2,1H3. The van der Waals surface area contributed by atoms with Crippen LogP contribution in [-0.2, 0) is 16.0 Å². The molecular formula is C32H28N2O2. The lowest BCUT2D eigenvalue weighted by Crippen LogP contribution is -2.09. The lowest BCUT2D eigenvalue weighted by Gasteiger charge is -2.11. The van der Waals surface area contributed by atoms with Crippen LogP contribution in [0.2, 0.25) is 0 Å². The van der Waals surface area contributed by atoms with Crippen LogP contribution in [0.4, 0.5) is 0 Å². The highest BCUT2D eigenvalue weighted by Crippen LogP contribution is 2.35. The molecule has 0 fully saturated rings. The van der Waals surface area contributed by atoms with Crippen LogP contribution in [0.25, 0.3) is 55.1 Å². The molecule has 0 aliphatic rings. The van der Waals surface area contributed by atoms with Crippen LogP contribution in [0.3, 0.4) is 0 Å². The molecule has 0 saturated heterocycles. The van der Waals surface area contributed by atoms with Crippen molar-refractivity contribution >= 4 is 32.7 Å². The Balaban J connectivity index is 1.47. The van der Waals surface area contributed by atoms with Crippen molar-refractivity contribution in [3.05, 3.63) is 103 Å². The van der Waals surface area contributed by atoms with Crippen LogP contribution in [-0.4, -0.2) is 36.5 Å². The maximum atomic E-state index is 5.78. The minimum Gasteiger partial charge on any atom is -0.382 e. The minimum absolute atomic E-state index is 0.606. The van der Waals surface area contributed by atoms with Gasteiger partial charge in [-0.05, 0) is 41.5 Å². The van der Waals surface area contributed by atoms with E-state index in [1.807, 2.05) is 0 Å². The zero-order valence-electron chi connectivity index (χ0n) is 20.4. The molecule has 0 spiro atoms. The van der Waals surface area contributed by atoms with Crippen molar-refractivity contribution in [3.8, 4) is 22.4 Å². The molecule has 36 heavy (non-hydrogen) atoms. The van der Waals surface area contributed by atoms with Gasteiger partial charge in [0.2, 0.25) is 0 Å². The Morgan fingerprint density at radius 2 is 1.39 bits per heavy atom. The Labute approximate surface area is 210 Å². The molecule has 0 atom stereocenters. The van der Waals surface area contributed by atoms with Crippen LogP contribution in [0.15, 0.2) is 103 Å². The van der Waals surface area contributed by atoms with Gasteiger partial charge in [0.05, 0.1) is 31.0 Å². The number of fused-ring (bicyclic) bond motifs is 4. The quantitative estimate of drug-likeness (QED) is 0.217. The monoisotopic (exact) mass is 472 g/mol. The predicted molar refractivity (Wildman–Crippen MR) is 148 cm³/mol. The van der Waals surface area contributed by atoms with E-state index >= 15 is 0 Å². The second-order valence-corrected chi connectivity index (χ2v) is 8.94. The first-order chi connectivity index (χ1) is 17.8. The number of benzene rings is 4. The van der Waals surface area contributed by atoms with E-state index in [1.165, 1.54) is 38.3 Å². The number of para-hydroxylation sites is 2. The molecule has 0 radical (unpaired) electrons. The maximum Gasteiger partial charge on any atom is 0.0716 e. The topological polar surface area (TPSA) is 36.3 Å². The van der Waals surface area contributed by atoms with E-state index in [-0.39, 0.29) is 0 Å². The van der Waals surface area contributed by atoms with Gasteiger partial charge in [-0.1, -0.05) is 72.8 Å². The maximum absolute atomic E-state index is 5.78. The number of aromatic nitrogens is 2. The second-order valence-electron chi connectivity index (χ2n) is 8.94. The van der Waals surface area contributed by atoms with Crippen molar-refractivity contribution < 1.29 is 9.47 Å². The van der Waals surface area contributed by atoms with Gasteiger partial charge in [0.1, 0.15) is 0 Å². The summed E-state index contributed by atoms with van der Waals surface area (Å²) < 4.78 is 13.2. The number of rotatable bonds is 8. The Hall–Kier alpha value is -3.99. The predicted octanol–water partition coefficient (Wildman–Crippen LogP) is 7.34. The highest BCUT2D eigenvalue weighted by atomic mass is 16.5. The molecule has 178 valence electrons. The molecule has 2 aromatic heterocycles. The number of nitrogens with zero attached hydrogens (tertiary/aromatic N) is 2. The Bertz CT molecular complexity index is 1650. The second kappa shape index (κ2) is 9.94. The zero-order valence-corrected chi connectivity index (χ0v) is 20.4. The molecule has 0 N–H and O–H groups in total. The molecular weight excluding hydrogens is 444 g/mol. The third kappa shape index (κ3) is 4.15. The summed E-state index contributed by atoms with van der Waals surface area (Å²) in [5.41, 5.74) is 7.93. The summed E-state index contributed by atoms with van der Waals surface area (Å²) in [7, 11) is 1.70. The normalized spacial score (nSPS) is 11.6. The van der Waals surface area contributed by atoms with Gasteiger partial charge in [-0.3, -0.25) is 0 Å². The molecule has 4 aromatic carbocycles. The fourth-order valence-electron chi connectivity index (χ4n) is 5.03. The number of ether oxygens (including phenoxy) is 2. The van der Waals surface area contributed by atoms with Crippen molar-refractivity contribution in [1.29, 1.82) is 0 Å². The molecule has 0 amide bonds. The summed E-state index contributed by atoms with van der Waals surface area (Å²) in [5, 5.41) is 3.64. The van der Waals surface area contributed by atoms with E-state index in [1.54, 1.807) is 7.11 Å². The van der Waals surface area contributed by atoms with Crippen LogP contribution < -0.4 is 0 Å². The summed E-state index contributed by atoms with van der Waals surface area (Å²) in [6.07, 6.45) is 0. The van der Waals surface area contributed by atoms with E-state index in [0.29, 0.717) is 19.8 Å². The Morgan fingerprint density at radius 1 is 0.639 bits per heavy atom. The van der Waals surface area contributed by atoms with Gasteiger partial charge in [-0.2, -0.15) is 0 Å². The average Bonchev–Trinajstić information content (AvgIpc) is 3.26. The van der Waals surface area contributed by atoms with E-state index in [9.17, 15) is 0 Å².